The first-order chi connectivity index (χ1) is 4.74. The van der Waals surface area contributed by atoms with Crippen LogP contribution >= 0.6 is 0 Å². The van der Waals surface area contributed by atoms with Gasteiger partial charge in [-0.3, -0.25) is 4.48 Å². The molecule has 0 rings (SSSR count). The second-order valence-corrected chi connectivity index (χ2v) is 2.65. The molecule has 1 heteroatoms. The molecule has 0 unspecified atom stereocenters. The lowest BCUT2D eigenvalue weighted by atomic mass is 10.3. The van der Waals surface area contributed by atoms with E-state index in [1.165, 1.54) is 19.6 Å². The highest BCUT2D eigenvalue weighted by Crippen LogP contribution is 2.05. The first-order valence-electron chi connectivity index (χ1n) is 4.24. The summed E-state index contributed by atoms with van der Waals surface area (Å²) in [6.45, 7) is 12.4. The summed E-state index contributed by atoms with van der Waals surface area (Å²) in [5.41, 5.74) is 0. The maximum Gasteiger partial charge on any atom is 0.0915 e. The molecular formula is C9H20N+. The van der Waals surface area contributed by atoms with Crippen molar-refractivity contribution in [1.82, 2.24) is 0 Å². The van der Waals surface area contributed by atoms with Gasteiger partial charge in [-0.25, -0.2) is 0 Å². The van der Waals surface area contributed by atoms with Gasteiger partial charge in [0, 0.05) is 0 Å². The molecule has 0 amide bonds. The summed E-state index contributed by atoms with van der Waals surface area (Å²) in [7, 11) is 0. The summed E-state index contributed by atoms with van der Waals surface area (Å²) in [4.78, 5) is 0. The molecule has 0 heterocycles. The van der Waals surface area contributed by atoms with Crippen LogP contribution in [0.1, 0.15) is 27.7 Å². The molecule has 0 aromatic rings. The smallest absolute Gasteiger partial charge is 0.0915 e. The molecule has 0 aromatic carbocycles. The number of allylic oxidation sites excluding steroid dienone is 1. The predicted octanol–water partition coefficient (Wildman–Crippen LogP) is 2.40. The van der Waals surface area contributed by atoms with Crippen molar-refractivity contribution < 1.29 is 4.48 Å². The molecule has 0 atom stereocenters. The van der Waals surface area contributed by atoms with E-state index in [1.54, 1.807) is 0 Å². The second-order valence-electron chi connectivity index (χ2n) is 2.65. The fourth-order valence-electron chi connectivity index (χ4n) is 1.30. The Bertz CT molecular complexity index is 93.0. The van der Waals surface area contributed by atoms with Crippen LogP contribution in [0.3, 0.4) is 0 Å². The van der Waals surface area contributed by atoms with Crippen molar-refractivity contribution in [3.63, 3.8) is 0 Å². The third-order valence-electron chi connectivity index (χ3n) is 2.35. The van der Waals surface area contributed by atoms with Gasteiger partial charge in [0.25, 0.3) is 0 Å². The van der Waals surface area contributed by atoms with Crippen molar-refractivity contribution in [2.24, 2.45) is 0 Å². The summed E-state index contributed by atoms with van der Waals surface area (Å²) in [5.74, 6) is 0. The summed E-state index contributed by atoms with van der Waals surface area (Å²) in [6, 6.07) is 0. The van der Waals surface area contributed by atoms with Gasteiger partial charge in [-0.1, -0.05) is 0 Å². The Morgan fingerprint density at radius 3 is 1.50 bits per heavy atom. The van der Waals surface area contributed by atoms with E-state index in [1.807, 2.05) is 0 Å². The molecule has 1 nitrogen and oxygen atoms in total. The van der Waals surface area contributed by atoms with E-state index in [0.29, 0.717) is 0 Å². The zero-order valence-electron chi connectivity index (χ0n) is 7.72. The molecule has 0 radical (unpaired) electrons. The minimum absolute atomic E-state index is 1.12. The van der Waals surface area contributed by atoms with Gasteiger partial charge in [-0.15, -0.1) is 0 Å². The average molecular weight is 142 g/mol. The number of rotatable bonds is 4. The Morgan fingerprint density at radius 1 is 1.00 bits per heavy atom. The minimum Gasteiger partial charge on any atom is -0.298 e. The first-order valence-corrected chi connectivity index (χ1v) is 4.24. The van der Waals surface area contributed by atoms with Crippen LogP contribution in [0.15, 0.2) is 12.3 Å². The molecule has 0 spiro atoms. The van der Waals surface area contributed by atoms with Crippen LogP contribution in [0.2, 0.25) is 0 Å². The third kappa shape index (κ3) is 2.14. The van der Waals surface area contributed by atoms with Gasteiger partial charge >= 0.3 is 0 Å². The van der Waals surface area contributed by atoms with Crippen LogP contribution in [-0.2, 0) is 0 Å². The molecule has 0 saturated heterocycles. The monoisotopic (exact) mass is 142 g/mol. The highest BCUT2D eigenvalue weighted by Gasteiger charge is 2.15. The van der Waals surface area contributed by atoms with Crippen LogP contribution in [0.25, 0.3) is 0 Å². The normalized spacial score (nSPS) is 12.8. The van der Waals surface area contributed by atoms with Crippen molar-refractivity contribution in [2.75, 3.05) is 19.6 Å². The van der Waals surface area contributed by atoms with Crippen molar-refractivity contribution in [3.05, 3.63) is 12.3 Å². The number of hydrogen-bond acceptors (Lipinski definition) is 0. The SMILES string of the molecule is C/C=C/[N+](CC)(CC)CC. The molecule has 0 aliphatic rings. The van der Waals surface area contributed by atoms with Gasteiger partial charge in [-0.2, -0.15) is 0 Å². The van der Waals surface area contributed by atoms with Crippen molar-refractivity contribution in [1.29, 1.82) is 0 Å². The molecule has 10 heavy (non-hydrogen) atoms. The van der Waals surface area contributed by atoms with Gasteiger partial charge in [-0.05, 0) is 33.8 Å². The molecule has 0 saturated carbocycles. The minimum atomic E-state index is 1.12. The Hall–Kier alpha value is -0.300. The van der Waals surface area contributed by atoms with E-state index >= 15 is 0 Å². The topological polar surface area (TPSA) is 0 Å². The van der Waals surface area contributed by atoms with E-state index in [2.05, 4.69) is 40.0 Å². The zero-order chi connectivity index (χ0) is 8.04. The van der Waals surface area contributed by atoms with Crippen LogP contribution in [0.5, 0.6) is 0 Å². The maximum atomic E-state index is 2.29. The lowest BCUT2D eigenvalue weighted by molar-refractivity contribution is -0.874. The van der Waals surface area contributed by atoms with E-state index in [9.17, 15) is 0 Å². The molecular weight excluding hydrogens is 122 g/mol. The van der Waals surface area contributed by atoms with Crippen molar-refractivity contribution in [3.8, 4) is 0 Å². The van der Waals surface area contributed by atoms with Crippen LogP contribution in [0, 0.1) is 0 Å². The molecule has 0 aliphatic carbocycles. The van der Waals surface area contributed by atoms with Crippen LogP contribution in [-0.4, -0.2) is 24.1 Å². The Balaban J connectivity index is 4.15. The molecule has 0 fully saturated rings. The van der Waals surface area contributed by atoms with Gasteiger partial charge in [0.05, 0.1) is 25.8 Å². The number of quaternary nitrogens is 1. The van der Waals surface area contributed by atoms with Crippen LogP contribution in [0.4, 0.5) is 0 Å². The van der Waals surface area contributed by atoms with E-state index in [4.69, 9.17) is 0 Å². The highest BCUT2D eigenvalue weighted by molar-refractivity contribution is 4.67. The fourth-order valence-corrected chi connectivity index (χ4v) is 1.30. The zero-order valence-corrected chi connectivity index (χ0v) is 7.72. The number of hydrogen-bond donors (Lipinski definition) is 0. The first kappa shape index (κ1) is 9.70. The molecule has 0 N–H and O–H groups in total. The third-order valence-corrected chi connectivity index (χ3v) is 2.35. The fraction of sp³-hybridized carbons (Fsp3) is 0.778. The summed E-state index contributed by atoms with van der Waals surface area (Å²) >= 11 is 0. The number of nitrogens with zero attached hydrogens (tertiary/aromatic N) is 1. The quantitative estimate of drug-likeness (QED) is 0.529. The van der Waals surface area contributed by atoms with Gasteiger partial charge < -0.3 is 0 Å². The Labute approximate surface area is 64.9 Å². The summed E-state index contributed by atoms with van der Waals surface area (Å²) < 4.78 is 1.12. The predicted molar refractivity (Wildman–Crippen MR) is 46.7 cm³/mol. The van der Waals surface area contributed by atoms with E-state index in [0.717, 1.165) is 4.48 Å². The Kier molecular flexibility index (Phi) is 4.37. The largest absolute Gasteiger partial charge is 0.298 e. The summed E-state index contributed by atoms with van der Waals surface area (Å²) in [6.07, 6.45) is 4.44. The van der Waals surface area contributed by atoms with Gasteiger partial charge in [0.15, 0.2) is 0 Å². The molecule has 60 valence electrons. The Morgan fingerprint density at radius 2 is 1.40 bits per heavy atom. The summed E-state index contributed by atoms with van der Waals surface area (Å²) in [5, 5.41) is 0. The maximum absolute atomic E-state index is 2.29. The molecule has 0 bridgehead atoms. The molecule has 0 aliphatic heterocycles. The second kappa shape index (κ2) is 4.51. The average Bonchev–Trinajstić information content (AvgIpc) is 2.01. The van der Waals surface area contributed by atoms with E-state index < -0.39 is 0 Å². The van der Waals surface area contributed by atoms with Crippen molar-refractivity contribution in [2.45, 2.75) is 27.7 Å². The molecule has 0 aromatic heterocycles. The lowest BCUT2D eigenvalue weighted by Crippen LogP contribution is -2.41. The standard InChI is InChI=1S/C9H20N/c1-5-9-10(6-2,7-3)8-4/h5,9H,6-8H2,1-4H3/q+1/b9-5+. The van der Waals surface area contributed by atoms with Crippen molar-refractivity contribution >= 4 is 0 Å². The van der Waals surface area contributed by atoms with E-state index in [-0.39, 0.29) is 0 Å². The highest BCUT2D eigenvalue weighted by atomic mass is 15.3. The lowest BCUT2D eigenvalue weighted by Gasteiger charge is -2.31. The van der Waals surface area contributed by atoms with Gasteiger partial charge in [0.1, 0.15) is 0 Å². The van der Waals surface area contributed by atoms with Crippen LogP contribution < -0.4 is 0 Å². The van der Waals surface area contributed by atoms with Gasteiger partial charge in [0.2, 0.25) is 0 Å².